The average molecular weight is 238 g/mol. The second-order valence-corrected chi connectivity index (χ2v) is 5.55. The minimum absolute atomic E-state index is 0.397. The maximum atomic E-state index is 11.5. The minimum Gasteiger partial charge on any atom is -0.211 e. The van der Waals surface area contributed by atoms with Crippen LogP contribution in [-0.2, 0) is 16.4 Å². The van der Waals surface area contributed by atoms with Gasteiger partial charge >= 0.3 is 0 Å². The molecule has 0 aliphatic heterocycles. The van der Waals surface area contributed by atoms with Gasteiger partial charge in [-0.25, -0.2) is 12.7 Å². The molecule has 0 aliphatic rings. The van der Waals surface area contributed by atoms with Crippen LogP contribution >= 0.6 is 0 Å². The van der Waals surface area contributed by atoms with Gasteiger partial charge in [0.1, 0.15) is 0 Å². The van der Waals surface area contributed by atoms with E-state index in [1.54, 1.807) is 6.07 Å². The van der Waals surface area contributed by atoms with Crippen molar-refractivity contribution in [1.29, 1.82) is 5.26 Å². The van der Waals surface area contributed by atoms with Crippen molar-refractivity contribution in [2.45, 2.75) is 6.42 Å². The summed E-state index contributed by atoms with van der Waals surface area (Å²) in [6, 6.07) is 11.3. The summed E-state index contributed by atoms with van der Waals surface area (Å²) in [6.07, 6.45) is 0.655. The normalized spacial score (nSPS) is 11.3. The summed E-state index contributed by atoms with van der Waals surface area (Å²) < 4.78 is 24.1. The van der Waals surface area contributed by atoms with Crippen LogP contribution in [0.3, 0.4) is 0 Å². The van der Waals surface area contributed by atoms with E-state index in [4.69, 9.17) is 5.26 Å². The molecule has 5 heteroatoms. The van der Waals surface area contributed by atoms with Crippen LogP contribution in [0.15, 0.2) is 30.3 Å². The second-order valence-electron chi connectivity index (χ2n) is 3.47. The molecule has 1 aromatic carbocycles. The van der Waals surface area contributed by atoms with Crippen molar-refractivity contribution in [1.82, 2.24) is 4.31 Å². The molecule has 1 aromatic rings. The lowest BCUT2D eigenvalue weighted by atomic mass is 10.2. The molecule has 86 valence electrons. The van der Waals surface area contributed by atoms with Gasteiger partial charge < -0.3 is 0 Å². The van der Waals surface area contributed by atoms with Crippen LogP contribution in [0.5, 0.6) is 0 Å². The van der Waals surface area contributed by atoms with Crippen LogP contribution in [-0.4, -0.2) is 32.1 Å². The first-order valence-corrected chi connectivity index (χ1v) is 6.52. The number of benzene rings is 1. The molecule has 0 amide bonds. The number of nitriles is 1. The van der Waals surface area contributed by atoms with Crippen molar-refractivity contribution in [2.24, 2.45) is 0 Å². The van der Waals surface area contributed by atoms with Crippen LogP contribution in [0.2, 0.25) is 0 Å². The third kappa shape index (κ3) is 3.65. The van der Waals surface area contributed by atoms with Crippen molar-refractivity contribution >= 4 is 10.0 Å². The summed E-state index contributed by atoms with van der Waals surface area (Å²) in [4.78, 5) is 0. The van der Waals surface area contributed by atoms with Gasteiger partial charge in [-0.05, 0) is 12.0 Å². The fourth-order valence-electron chi connectivity index (χ4n) is 1.26. The molecular weight excluding hydrogens is 224 g/mol. The van der Waals surface area contributed by atoms with Crippen LogP contribution in [0, 0.1) is 11.3 Å². The van der Waals surface area contributed by atoms with Gasteiger partial charge in [-0.2, -0.15) is 5.26 Å². The monoisotopic (exact) mass is 238 g/mol. The van der Waals surface area contributed by atoms with Gasteiger partial charge in [0.15, 0.2) is 5.75 Å². The maximum Gasteiger partial charge on any atom is 0.227 e. The summed E-state index contributed by atoms with van der Waals surface area (Å²) >= 11 is 0. The number of rotatable bonds is 5. The Morgan fingerprint density at radius 3 is 2.50 bits per heavy atom. The third-order valence-corrected chi connectivity index (χ3v) is 3.91. The van der Waals surface area contributed by atoms with Gasteiger partial charge in [0.2, 0.25) is 10.0 Å². The molecule has 4 nitrogen and oxygen atoms in total. The molecule has 0 unspecified atom stereocenters. The molecule has 0 saturated heterocycles. The molecule has 0 aromatic heterocycles. The fourth-order valence-corrected chi connectivity index (χ4v) is 2.02. The van der Waals surface area contributed by atoms with Crippen molar-refractivity contribution in [2.75, 3.05) is 19.3 Å². The highest BCUT2D eigenvalue weighted by molar-refractivity contribution is 7.89. The van der Waals surface area contributed by atoms with Crippen LogP contribution in [0.25, 0.3) is 0 Å². The number of hydrogen-bond acceptors (Lipinski definition) is 3. The van der Waals surface area contributed by atoms with E-state index in [-0.39, 0.29) is 0 Å². The lowest BCUT2D eigenvalue weighted by Crippen LogP contribution is -2.30. The van der Waals surface area contributed by atoms with Crippen molar-refractivity contribution in [3.63, 3.8) is 0 Å². The molecule has 0 aliphatic carbocycles. The molecule has 0 radical (unpaired) electrons. The highest BCUT2D eigenvalue weighted by atomic mass is 32.2. The summed E-state index contributed by atoms with van der Waals surface area (Å²) in [5, 5.41) is 8.38. The van der Waals surface area contributed by atoms with Gasteiger partial charge in [-0.3, -0.25) is 0 Å². The highest BCUT2D eigenvalue weighted by Gasteiger charge is 2.16. The molecule has 0 heterocycles. The Kier molecular flexibility index (Phi) is 4.47. The zero-order chi connectivity index (χ0) is 12.0. The first-order chi connectivity index (χ1) is 7.56. The Labute approximate surface area is 96.2 Å². The Balaban J connectivity index is 2.54. The van der Waals surface area contributed by atoms with Crippen molar-refractivity contribution < 1.29 is 8.42 Å². The van der Waals surface area contributed by atoms with E-state index in [1.165, 1.54) is 11.4 Å². The maximum absolute atomic E-state index is 11.5. The first-order valence-electron chi connectivity index (χ1n) is 4.91. The Hall–Kier alpha value is -1.38. The predicted molar refractivity (Wildman–Crippen MR) is 62.2 cm³/mol. The Morgan fingerprint density at radius 1 is 1.31 bits per heavy atom. The molecular formula is C11H14N2O2S. The van der Waals surface area contributed by atoms with E-state index < -0.39 is 15.8 Å². The highest BCUT2D eigenvalue weighted by Crippen LogP contribution is 2.03. The number of nitrogens with zero attached hydrogens (tertiary/aromatic N) is 2. The molecule has 0 saturated carbocycles. The lowest BCUT2D eigenvalue weighted by molar-refractivity contribution is 0.475. The van der Waals surface area contributed by atoms with Crippen LogP contribution in [0.4, 0.5) is 0 Å². The van der Waals surface area contributed by atoms with Crippen LogP contribution < -0.4 is 0 Å². The van der Waals surface area contributed by atoms with E-state index >= 15 is 0 Å². The molecule has 0 N–H and O–H groups in total. The summed E-state index contributed by atoms with van der Waals surface area (Å²) in [5.74, 6) is -0.460. The second kappa shape index (κ2) is 5.64. The smallest absolute Gasteiger partial charge is 0.211 e. The van der Waals surface area contributed by atoms with E-state index in [2.05, 4.69) is 0 Å². The quantitative estimate of drug-likeness (QED) is 0.769. The zero-order valence-electron chi connectivity index (χ0n) is 9.13. The zero-order valence-corrected chi connectivity index (χ0v) is 9.94. The molecule has 0 fully saturated rings. The third-order valence-electron chi connectivity index (χ3n) is 2.28. The first kappa shape index (κ1) is 12.7. The Bertz CT molecular complexity index is 463. The van der Waals surface area contributed by atoms with E-state index in [0.717, 1.165) is 5.56 Å². The fraction of sp³-hybridized carbons (Fsp3) is 0.364. The van der Waals surface area contributed by atoms with E-state index in [1.807, 2.05) is 30.3 Å². The number of sulfonamides is 1. The average Bonchev–Trinajstić information content (AvgIpc) is 2.27. The summed E-state index contributed by atoms with van der Waals surface area (Å²) in [7, 11) is -1.91. The van der Waals surface area contributed by atoms with Crippen molar-refractivity contribution in [3.8, 4) is 6.07 Å². The lowest BCUT2D eigenvalue weighted by Gasteiger charge is -2.14. The molecule has 0 atom stereocenters. The number of hydrogen-bond donors (Lipinski definition) is 0. The van der Waals surface area contributed by atoms with E-state index in [0.29, 0.717) is 13.0 Å². The van der Waals surface area contributed by atoms with Gasteiger partial charge in [0.05, 0.1) is 6.07 Å². The summed E-state index contributed by atoms with van der Waals surface area (Å²) in [5.41, 5.74) is 1.08. The van der Waals surface area contributed by atoms with Gasteiger partial charge in [-0.1, -0.05) is 30.3 Å². The van der Waals surface area contributed by atoms with Gasteiger partial charge in [0, 0.05) is 13.6 Å². The van der Waals surface area contributed by atoms with E-state index in [9.17, 15) is 8.42 Å². The molecule has 0 bridgehead atoms. The predicted octanol–water partition coefficient (Wildman–Crippen LogP) is 1.01. The van der Waals surface area contributed by atoms with Crippen LogP contribution in [0.1, 0.15) is 5.56 Å². The van der Waals surface area contributed by atoms with Gasteiger partial charge in [-0.15, -0.1) is 0 Å². The minimum atomic E-state index is -3.41. The number of likely N-dealkylation sites (N-methyl/N-ethyl adjacent to an activating group) is 1. The SMILES string of the molecule is CN(CCc1ccccc1)S(=O)(=O)CC#N. The summed E-state index contributed by atoms with van der Waals surface area (Å²) in [6.45, 7) is 0.397. The standard InChI is InChI=1S/C11H14N2O2S/c1-13(16(14,15)10-8-12)9-7-11-5-3-2-4-6-11/h2-6H,7,9-10H2,1H3. The Morgan fingerprint density at radius 2 is 1.94 bits per heavy atom. The van der Waals surface area contributed by atoms with Gasteiger partial charge in [0.25, 0.3) is 0 Å². The van der Waals surface area contributed by atoms with Crippen molar-refractivity contribution in [3.05, 3.63) is 35.9 Å². The topological polar surface area (TPSA) is 61.2 Å². The molecule has 0 spiro atoms. The largest absolute Gasteiger partial charge is 0.227 e. The molecule has 16 heavy (non-hydrogen) atoms. The molecule has 1 rings (SSSR count).